The number of benzene rings is 2. The third-order valence-corrected chi connectivity index (χ3v) is 6.80. The van der Waals surface area contributed by atoms with Crippen LogP contribution in [0.15, 0.2) is 53.6 Å². The number of hydrazone groups is 1. The molecule has 0 fully saturated rings. The fraction of sp³-hybridized carbons (Fsp3) is 0.417. The van der Waals surface area contributed by atoms with Crippen LogP contribution in [0.2, 0.25) is 0 Å². The molecule has 172 valence electrons. The summed E-state index contributed by atoms with van der Waals surface area (Å²) in [6.07, 6.45) is 0.298. The number of halogens is 2. The van der Waals surface area contributed by atoms with Gasteiger partial charge in [-0.15, -0.1) is 0 Å². The number of ether oxygens (including phenoxy) is 1. The molecule has 2 N–H and O–H groups in total. The molecule has 0 saturated heterocycles. The first-order valence-corrected chi connectivity index (χ1v) is 11.3. The summed E-state index contributed by atoms with van der Waals surface area (Å²) in [5.41, 5.74) is 6.16. The van der Waals surface area contributed by atoms with Gasteiger partial charge in [-0.2, -0.15) is 5.10 Å². The third-order valence-electron chi connectivity index (χ3n) is 5.36. The lowest BCUT2D eigenvalue weighted by atomic mass is 9.87. The summed E-state index contributed by atoms with van der Waals surface area (Å²) >= 11 is 1.24. The highest BCUT2D eigenvalue weighted by atomic mass is 32.2. The van der Waals surface area contributed by atoms with Gasteiger partial charge in [0, 0.05) is 12.7 Å². The van der Waals surface area contributed by atoms with Gasteiger partial charge in [0.25, 0.3) is 5.91 Å². The van der Waals surface area contributed by atoms with E-state index in [9.17, 15) is 13.6 Å². The van der Waals surface area contributed by atoms with Gasteiger partial charge in [0.05, 0.1) is 0 Å². The van der Waals surface area contributed by atoms with E-state index in [0.29, 0.717) is 19.4 Å². The predicted octanol–water partition coefficient (Wildman–Crippen LogP) is 4.85. The van der Waals surface area contributed by atoms with Crippen LogP contribution in [0, 0.1) is 17.0 Å². The van der Waals surface area contributed by atoms with Crippen molar-refractivity contribution in [1.82, 2.24) is 5.01 Å². The molecule has 1 unspecified atom stereocenters. The molecule has 5 nitrogen and oxygen atoms in total. The molecule has 0 bridgehead atoms. The maximum atomic E-state index is 14.7. The summed E-state index contributed by atoms with van der Waals surface area (Å²) in [6, 6.07) is 12.7. The van der Waals surface area contributed by atoms with Gasteiger partial charge in [0.15, 0.2) is 0 Å². The Labute approximate surface area is 192 Å². The molecule has 1 aliphatic heterocycles. The number of nitrogens with two attached hydrogens (primary N) is 1. The van der Waals surface area contributed by atoms with Crippen molar-refractivity contribution < 1.29 is 18.3 Å². The lowest BCUT2D eigenvalue weighted by Gasteiger charge is -2.39. The van der Waals surface area contributed by atoms with Gasteiger partial charge in [-0.1, -0.05) is 62.9 Å². The van der Waals surface area contributed by atoms with Crippen LogP contribution in [0.1, 0.15) is 44.7 Å². The molecule has 3 rings (SSSR count). The predicted molar refractivity (Wildman–Crippen MR) is 124 cm³/mol. The van der Waals surface area contributed by atoms with Crippen molar-refractivity contribution in [3.05, 3.63) is 71.3 Å². The van der Waals surface area contributed by atoms with Crippen molar-refractivity contribution in [2.24, 2.45) is 16.3 Å². The summed E-state index contributed by atoms with van der Waals surface area (Å²) < 4.78 is 34.2. The number of rotatable bonds is 7. The number of hydrogen-bond donors (Lipinski definition) is 1. The van der Waals surface area contributed by atoms with Crippen molar-refractivity contribution in [3.63, 3.8) is 0 Å². The average Bonchev–Trinajstić information content (AvgIpc) is 3.14. The van der Waals surface area contributed by atoms with E-state index in [1.54, 1.807) is 0 Å². The zero-order valence-corrected chi connectivity index (χ0v) is 19.6. The van der Waals surface area contributed by atoms with Crippen LogP contribution in [0.5, 0.6) is 0 Å². The van der Waals surface area contributed by atoms with Crippen LogP contribution < -0.4 is 5.73 Å². The Balaban J connectivity index is 2.19. The van der Waals surface area contributed by atoms with Crippen LogP contribution in [0.4, 0.5) is 8.78 Å². The first kappa shape index (κ1) is 24.4. The molecule has 0 radical (unpaired) electrons. The van der Waals surface area contributed by atoms with Crippen LogP contribution in [-0.4, -0.2) is 35.7 Å². The largest absolute Gasteiger partial charge is 0.371 e. The topological polar surface area (TPSA) is 67.9 Å². The molecule has 32 heavy (non-hydrogen) atoms. The Hall–Kier alpha value is -2.29. The number of nitrogens with zero attached hydrogens (tertiary/aromatic N) is 2. The van der Waals surface area contributed by atoms with E-state index in [1.807, 2.05) is 51.1 Å². The number of carbonyl (C=O) groups is 1. The average molecular weight is 462 g/mol. The van der Waals surface area contributed by atoms with E-state index in [2.05, 4.69) is 5.10 Å². The van der Waals surface area contributed by atoms with Crippen LogP contribution >= 0.6 is 11.8 Å². The zero-order valence-electron chi connectivity index (χ0n) is 18.8. The lowest BCUT2D eigenvalue weighted by Crippen LogP contribution is -2.50. The lowest BCUT2D eigenvalue weighted by molar-refractivity contribution is -0.152. The van der Waals surface area contributed by atoms with E-state index in [0.717, 1.165) is 23.8 Å². The first-order valence-electron chi connectivity index (χ1n) is 10.5. The third kappa shape index (κ3) is 4.72. The van der Waals surface area contributed by atoms with Crippen molar-refractivity contribution >= 4 is 22.7 Å². The number of amides is 1. The molecule has 2 atom stereocenters. The summed E-state index contributed by atoms with van der Waals surface area (Å²) in [7, 11) is 1.48. The van der Waals surface area contributed by atoms with E-state index in [4.69, 9.17) is 10.5 Å². The zero-order chi connectivity index (χ0) is 23.5. The number of thioether (sulfide) groups is 1. The van der Waals surface area contributed by atoms with Gasteiger partial charge in [-0.05, 0) is 48.6 Å². The molecule has 0 aliphatic carbocycles. The maximum Gasteiger partial charge on any atom is 0.274 e. The number of carbonyl (C=O) groups excluding carboxylic acids is 1. The van der Waals surface area contributed by atoms with Gasteiger partial charge in [-0.3, -0.25) is 4.79 Å². The Kier molecular flexibility index (Phi) is 7.37. The molecule has 8 heteroatoms. The van der Waals surface area contributed by atoms with Crippen LogP contribution in [-0.2, 0) is 14.4 Å². The van der Waals surface area contributed by atoms with E-state index >= 15 is 0 Å². The summed E-state index contributed by atoms with van der Waals surface area (Å²) in [5, 5.41) is 6.19. The molecule has 0 saturated carbocycles. The van der Waals surface area contributed by atoms with Crippen molar-refractivity contribution in [3.8, 4) is 0 Å². The molecule has 0 spiro atoms. The van der Waals surface area contributed by atoms with Gasteiger partial charge >= 0.3 is 0 Å². The Morgan fingerprint density at radius 1 is 1.22 bits per heavy atom. The van der Waals surface area contributed by atoms with E-state index in [-0.39, 0.29) is 16.5 Å². The minimum Gasteiger partial charge on any atom is -0.371 e. The van der Waals surface area contributed by atoms with Crippen molar-refractivity contribution in [2.75, 3.05) is 13.7 Å². The second-order valence-electron chi connectivity index (χ2n) is 8.81. The van der Waals surface area contributed by atoms with Crippen LogP contribution in [0.25, 0.3) is 0 Å². The second-order valence-corrected chi connectivity index (χ2v) is 10.1. The second kappa shape index (κ2) is 9.68. The SMILES string of the molecule is CO[C@H](C(=O)N1N=C(c2cc(F)ccc2F)SC1(CCCN)c1ccccc1)C(C)(C)C. The van der Waals surface area contributed by atoms with Crippen molar-refractivity contribution in [2.45, 2.75) is 44.6 Å². The maximum absolute atomic E-state index is 14.7. The summed E-state index contributed by atoms with van der Waals surface area (Å²) in [6.45, 7) is 6.13. The fourth-order valence-electron chi connectivity index (χ4n) is 3.85. The molecule has 0 aromatic heterocycles. The minimum atomic E-state index is -0.964. The van der Waals surface area contributed by atoms with Crippen molar-refractivity contribution in [1.29, 1.82) is 0 Å². The van der Waals surface area contributed by atoms with Gasteiger partial charge in [-0.25, -0.2) is 13.8 Å². The van der Waals surface area contributed by atoms with E-state index < -0.39 is 28.0 Å². The van der Waals surface area contributed by atoms with Crippen LogP contribution in [0.3, 0.4) is 0 Å². The molecule has 1 amide bonds. The monoisotopic (exact) mass is 461 g/mol. The molecule has 2 aromatic rings. The smallest absolute Gasteiger partial charge is 0.274 e. The highest BCUT2D eigenvalue weighted by Crippen LogP contribution is 2.51. The number of methoxy groups -OCH3 is 1. The molecule has 1 aliphatic rings. The minimum absolute atomic E-state index is 0.0167. The Morgan fingerprint density at radius 2 is 1.91 bits per heavy atom. The summed E-state index contributed by atoms with van der Waals surface area (Å²) in [4.78, 5) is 12.8. The molecule has 1 heterocycles. The highest BCUT2D eigenvalue weighted by molar-refractivity contribution is 8.15. The first-order chi connectivity index (χ1) is 15.1. The normalized spacial score (nSPS) is 19.7. The van der Waals surface area contributed by atoms with E-state index in [1.165, 1.54) is 23.9 Å². The molecular formula is C24H29F2N3O2S. The Bertz CT molecular complexity index is 994. The Morgan fingerprint density at radius 3 is 2.50 bits per heavy atom. The molecule has 2 aromatic carbocycles. The standard InChI is InChI=1S/C24H29F2N3O2S/c1-23(2,3)20(31-4)22(30)29-24(13-8-14-27,16-9-6-5-7-10-16)32-21(28-29)18-15-17(25)11-12-19(18)26/h5-7,9-12,15,20H,8,13-14,27H2,1-4H3/t20-,24?/m1/s1. The highest BCUT2D eigenvalue weighted by Gasteiger charge is 2.51. The fourth-order valence-corrected chi connectivity index (χ4v) is 5.28. The van der Waals surface area contributed by atoms with Gasteiger partial charge in [0.1, 0.15) is 27.7 Å². The number of hydrogen-bond acceptors (Lipinski definition) is 5. The molecular weight excluding hydrogens is 432 g/mol. The quantitative estimate of drug-likeness (QED) is 0.640. The van der Waals surface area contributed by atoms with Gasteiger partial charge < -0.3 is 10.5 Å². The van der Waals surface area contributed by atoms with Gasteiger partial charge in [0.2, 0.25) is 0 Å². The summed E-state index contributed by atoms with van der Waals surface area (Å²) in [5.74, 6) is -1.53.